The van der Waals surface area contributed by atoms with Gasteiger partial charge in [0.15, 0.2) is 0 Å². The third-order valence-electron chi connectivity index (χ3n) is 1.59. The molecule has 10 heavy (non-hydrogen) atoms. The molecule has 1 saturated heterocycles. The monoisotopic (exact) mass is 142 g/mol. The molecule has 0 radical (unpaired) electrons. The van der Waals surface area contributed by atoms with E-state index in [1.54, 1.807) is 7.05 Å². The maximum absolute atomic E-state index is 10.8. The molecule has 2 N–H and O–H groups in total. The standard InChI is InChI=1S/C6H10N2O2/c1-7-4-2-3-5(9)8-6(4)10/h4,7H,2-3H2,1H3,(H,8,9,10)/t4-/m1/s1. The highest BCUT2D eigenvalue weighted by Crippen LogP contribution is 2.02. The van der Waals surface area contributed by atoms with E-state index in [1.165, 1.54) is 0 Å². The Labute approximate surface area is 59.0 Å². The minimum absolute atomic E-state index is 0.170. The maximum atomic E-state index is 10.8. The summed E-state index contributed by atoms with van der Waals surface area (Å²) in [5, 5.41) is 5.05. The molecular weight excluding hydrogens is 132 g/mol. The summed E-state index contributed by atoms with van der Waals surface area (Å²) in [4.78, 5) is 21.4. The molecule has 1 atom stereocenters. The first-order valence-corrected chi connectivity index (χ1v) is 3.25. The summed E-state index contributed by atoms with van der Waals surface area (Å²) in [5.41, 5.74) is 0. The average Bonchev–Trinajstić information content (AvgIpc) is 1.88. The second-order valence-corrected chi connectivity index (χ2v) is 2.29. The lowest BCUT2D eigenvalue weighted by Gasteiger charge is -2.19. The van der Waals surface area contributed by atoms with E-state index in [0.29, 0.717) is 12.8 Å². The van der Waals surface area contributed by atoms with Crippen molar-refractivity contribution in [3.63, 3.8) is 0 Å². The van der Waals surface area contributed by atoms with Crippen LogP contribution in [0.2, 0.25) is 0 Å². The minimum Gasteiger partial charge on any atom is -0.309 e. The van der Waals surface area contributed by atoms with Crippen LogP contribution in [0.15, 0.2) is 0 Å². The fourth-order valence-corrected chi connectivity index (χ4v) is 0.969. The molecule has 56 valence electrons. The van der Waals surface area contributed by atoms with Gasteiger partial charge in [-0.2, -0.15) is 0 Å². The Morgan fingerprint density at radius 1 is 1.60 bits per heavy atom. The second-order valence-electron chi connectivity index (χ2n) is 2.29. The van der Waals surface area contributed by atoms with Gasteiger partial charge in [-0.3, -0.25) is 14.9 Å². The van der Waals surface area contributed by atoms with Crippen LogP contribution in [-0.4, -0.2) is 24.9 Å². The molecular formula is C6H10N2O2. The minimum atomic E-state index is -0.209. The van der Waals surface area contributed by atoms with Gasteiger partial charge in [0.1, 0.15) is 0 Å². The number of nitrogens with one attached hydrogen (secondary N) is 2. The number of amides is 2. The summed E-state index contributed by atoms with van der Waals surface area (Å²) in [5.74, 6) is -0.379. The molecule has 1 aliphatic heterocycles. The fourth-order valence-electron chi connectivity index (χ4n) is 0.969. The van der Waals surface area contributed by atoms with Gasteiger partial charge in [0.2, 0.25) is 11.8 Å². The fraction of sp³-hybridized carbons (Fsp3) is 0.667. The highest BCUT2D eigenvalue weighted by Gasteiger charge is 2.24. The van der Waals surface area contributed by atoms with Crippen LogP contribution in [0.4, 0.5) is 0 Å². The molecule has 0 saturated carbocycles. The van der Waals surface area contributed by atoms with Gasteiger partial charge in [0, 0.05) is 6.42 Å². The SMILES string of the molecule is CN[C@@H]1CCC(=O)NC1=O. The van der Waals surface area contributed by atoms with Crippen molar-refractivity contribution in [3.8, 4) is 0 Å². The van der Waals surface area contributed by atoms with Crippen LogP contribution >= 0.6 is 0 Å². The van der Waals surface area contributed by atoms with E-state index < -0.39 is 0 Å². The summed E-state index contributed by atoms with van der Waals surface area (Å²) in [6.45, 7) is 0. The third-order valence-corrected chi connectivity index (χ3v) is 1.59. The second kappa shape index (κ2) is 2.79. The van der Waals surface area contributed by atoms with Gasteiger partial charge in [-0.05, 0) is 13.5 Å². The Kier molecular flexibility index (Phi) is 2.01. The molecule has 4 nitrogen and oxygen atoms in total. The van der Waals surface area contributed by atoms with E-state index in [1.807, 2.05) is 0 Å². The van der Waals surface area contributed by atoms with E-state index >= 15 is 0 Å². The Bertz CT molecular complexity index is 167. The van der Waals surface area contributed by atoms with Crippen LogP contribution in [0.5, 0.6) is 0 Å². The number of imide groups is 1. The first kappa shape index (κ1) is 7.21. The number of hydrogen-bond acceptors (Lipinski definition) is 3. The van der Waals surface area contributed by atoms with Crippen LogP contribution < -0.4 is 10.6 Å². The normalized spacial score (nSPS) is 26.3. The van der Waals surface area contributed by atoms with Gasteiger partial charge in [-0.15, -0.1) is 0 Å². The van der Waals surface area contributed by atoms with E-state index in [-0.39, 0.29) is 17.9 Å². The zero-order chi connectivity index (χ0) is 7.56. The highest BCUT2D eigenvalue weighted by atomic mass is 16.2. The Morgan fingerprint density at radius 2 is 2.30 bits per heavy atom. The average molecular weight is 142 g/mol. The van der Waals surface area contributed by atoms with Crippen LogP contribution in [-0.2, 0) is 9.59 Å². The predicted octanol–water partition coefficient (Wildman–Crippen LogP) is -0.989. The summed E-state index contributed by atoms with van der Waals surface area (Å²) in [6.07, 6.45) is 1.05. The predicted molar refractivity (Wildman–Crippen MR) is 35.2 cm³/mol. The lowest BCUT2D eigenvalue weighted by Crippen LogP contribution is -2.49. The number of likely N-dealkylation sites (N-methyl/N-ethyl adjacent to an activating group) is 1. The van der Waals surface area contributed by atoms with Gasteiger partial charge in [0.05, 0.1) is 6.04 Å². The van der Waals surface area contributed by atoms with Crippen molar-refractivity contribution in [2.24, 2.45) is 0 Å². The molecule has 2 amide bonds. The van der Waals surface area contributed by atoms with E-state index in [2.05, 4.69) is 10.6 Å². The highest BCUT2D eigenvalue weighted by molar-refractivity contribution is 6.00. The smallest absolute Gasteiger partial charge is 0.243 e. The van der Waals surface area contributed by atoms with Gasteiger partial charge in [-0.25, -0.2) is 0 Å². The zero-order valence-corrected chi connectivity index (χ0v) is 5.81. The van der Waals surface area contributed by atoms with Crippen molar-refractivity contribution in [1.29, 1.82) is 0 Å². The van der Waals surface area contributed by atoms with E-state index in [9.17, 15) is 9.59 Å². The molecule has 1 aliphatic rings. The van der Waals surface area contributed by atoms with Gasteiger partial charge >= 0.3 is 0 Å². The lowest BCUT2D eigenvalue weighted by atomic mass is 10.1. The van der Waals surface area contributed by atoms with Crippen molar-refractivity contribution in [2.45, 2.75) is 18.9 Å². The number of carbonyl (C=O) groups excluding carboxylic acids is 2. The summed E-state index contributed by atoms with van der Waals surface area (Å²) in [7, 11) is 1.71. The van der Waals surface area contributed by atoms with Gasteiger partial charge in [0.25, 0.3) is 0 Å². The van der Waals surface area contributed by atoms with Crippen molar-refractivity contribution in [3.05, 3.63) is 0 Å². The Balaban J connectivity index is 2.51. The zero-order valence-electron chi connectivity index (χ0n) is 5.81. The topological polar surface area (TPSA) is 58.2 Å². The molecule has 0 aromatic heterocycles. The van der Waals surface area contributed by atoms with E-state index in [0.717, 1.165) is 0 Å². The van der Waals surface area contributed by atoms with Gasteiger partial charge < -0.3 is 5.32 Å². The molecule has 0 spiro atoms. The van der Waals surface area contributed by atoms with Crippen molar-refractivity contribution < 1.29 is 9.59 Å². The lowest BCUT2D eigenvalue weighted by molar-refractivity contribution is -0.134. The van der Waals surface area contributed by atoms with Crippen molar-refractivity contribution in [1.82, 2.24) is 10.6 Å². The summed E-state index contributed by atoms with van der Waals surface area (Å²) in [6, 6.07) is -0.183. The van der Waals surface area contributed by atoms with Crippen molar-refractivity contribution >= 4 is 11.8 Å². The maximum Gasteiger partial charge on any atom is 0.243 e. The summed E-state index contributed by atoms with van der Waals surface area (Å²) < 4.78 is 0. The largest absolute Gasteiger partial charge is 0.309 e. The Morgan fingerprint density at radius 3 is 2.80 bits per heavy atom. The Hall–Kier alpha value is -0.900. The third kappa shape index (κ3) is 1.33. The van der Waals surface area contributed by atoms with Crippen molar-refractivity contribution in [2.75, 3.05) is 7.05 Å². The molecule has 0 aliphatic carbocycles. The van der Waals surface area contributed by atoms with Gasteiger partial charge in [-0.1, -0.05) is 0 Å². The molecule has 0 bridgehead atoms. The summed E-state index contributed by atoms with van der Waals surface area (Å²) >= 11 is 0. The number of piperidine rings is 1. The number of carbonyl (C=O) groups is 2. The number of rotatable bonds is 1. The molecule has 0 unspecified atom stereocenters. The van der Waals surface area contributed by atoms with Crippen LogP contribution in [0.25, 0.3) is 0 Å². The molecule has 0 aromatic carbocycles. The first-order valence-electron chi connectivity index (χ1n) is 3.25. The molecule has 1 rings (SSSR count). The first-order chi connectivity index (χ1) is 4.74. The van der Waals surface area contributed by atoms with Crippen LogP contribution in [0, 0.1) is 0 Å². The van der Waals surface area contributed by atoms with E-state index in [4.69, 9.17) is 0 Å². The number of hydrogen-bond donors (Lipinski definition) is 2. The molecule has 1 heterocycles. The quantitative estimate of drug-likeness (QED) is 0.462. The van der Waals surface area contributed by atoms with Crippen LogP contribution in [0.3, 0.4) is 0 Å². The molecule has 0 aromatic rings. The molecule has 4 heteroatoms. The molecule has 1 fully saturated rings. The van der Waals surface area contributed by atoms with Crippen LogP contribution in [0.1, 0.15) is 12.8 Å².